The number of rotatable bonds is 4. The number of nitrogens with zero attached hydrogens (tertiary/aromatic N) is 1. The molecule has 0 saturated carbocycles. The van der Waals surface area contributed by atoms with Gasteiger partial charge in [0.1, 0.15) is 11.5 Å². The fourth-order valence-electron chi connectivity index (χ4n) is 1.75. The minimum absolute atomic E-state index is 0.228. The van der Waals surface area contributed by atoms with Gasteiger partial charge in [0.15, 0.2) is 6.23 Å². The van der Waals surface area contributed by atoms with Crippen molar-refractivity contribution < 1.29 is 28.1 Å². The Labute approximate surface area is 118 Å². The van der Waals surface area contributed by atoms with E-state index in [9.17, 15) is 18.3 Å². The number of benzene rings is 1. The molecule has 0 spiro atoms. The smallest absolute Gasteiger partial charge is 0.507 e. The maximum absolute atomic E-state index is 12.0. The number of alkyl halides is 3. The number of hydrogen-bond donors (Lipinski definition) is 3. The third-order valence-electron chi connectivity index (χ3n) is 2.75. The third kappa shape index (κ3) is 4.67. The number of aryl methyl sites for hydroxylation is 1. The highest BCUT2D eigenvalue weighted by molar-refractivity contribution is 5.95. The van der Waals surface area contributed by atoms with Gasteiger partial charge >= 0.3 is 6.36 Å². The first-order valence-electron chi connectivity index (χ1n) is 6.09. The van der Waals surface area contributed by atoms with E-state index in [2.05, 4.69) is 15.3 Å². The number of aliphatic hydroxyl groups is 2. The van der Waals surface area contributed by atoms with Crippen molar-refractivity contribution in [2.75, 3.05) is 0 Å². The van der Waals surface area contributed by atoms with Gasteiger partial charge in [0.05, 0.1) is 5.71 Å². The first-order chi connectivity index (χ1) is 9.83. The summed E-state index contributed by atoms with van der Waals surface area (Å²) in [6, 6.07) is 5.52. The molecule has 0 saturated heterocycles. The van der Waals surface area contributed by atoms with Gasteiger partial charge in [-0.25, -0.2) is 0 Å². The fourth-order valence-corrected chi connectivity index (χ4v) is 1.75. The van der Waals surface area contributed by atoms with Crippen LogP contribution in [0.1, 0.15) is 12.0 Å². The van der Waals surface area contributed by atoms with Crippen LogP contribution in [0, 0.1) is 0 Å². The van der Waals surface area contributed by atoms with E-state index in [1.165, 1.54) is 30.3 Å². The molecule has 1 unspecified atom stereocenters. The van der Waals surface area contributed by atoms with Gasteiger partial charge in [-0.05, 0) is 30.5 Å². The highest BCUT2D eigenvalue weighted by Crippen LogP contribution is 2.23. The minimum atomic E-state index is -4.70. The Morgan fingerprint density at radius 3 is 2.43 bits per heavy atom. The Morgan fingerprint density at radius 1 is 1.19 bits per heavy atom. The largest absolute Gasteiger partial charge is 0.573 e. The number of halogens is 3. The average molecular weight is 302 g/mol. The van der Waals surface area contributed by atoms with E-state index in [0.717, 1.165) is 5.56 Å². The highest BCUT2D eigenvalue weighted by Gasteiger charge is 2.30. The van der Waals surface area contributed by atoms with Crippen LogP contribution in [-0.4, -0.2) is 28.5 Å². The summed E-state index contributed by atoms with van der Waals surface area (Å²) in [5, 5.41) is 22.3. The topological polar surface area (TPSA) is 74.1 Å². The number of aliphatic hydroxyl groups excluding tert-OH is 2. The molecular weight excluding hydrogens is 289 g/mol. The van der Waals surface area contributed by atoms with Gasteiger partial charge in [-0.15, -0.1) is 13.2 Å². The zero-order chi connectivity index (χ0) is 15.5. The predicted molar refractivity (Wildman–Crippen MR) is 68.7 cm³/mol. The van der Waals surface area contributed by atoms with Crippen molar-refractivity contribution in [2.24, 2.45) is 5.10 Å². The van der Waals surface area contributed by atoms with Crippen LogP contribution in [-0.2, 0) is 6.42 Å². The molecule has 5 nitrogen and oxygen atoms in total. The van der Waals surface area contributed by atoms with E-state index in [-0.39, 0.29) is 11.5 Å². The standard InChI is InChI=1S/C13H13F3N2O3/c14-13(15,16)21-10-5-2-8(3-6-10)1-4-9-7-11(19)12(20)18-17-9/h2-3,5-7,12,18-20H,1,4H2. The van der Waals surface area contributed by atoms with Crippen LogP contribution in [0.5, 0.6) is 5.75 Å². The Morgan fingerprint density at radius 2 is 1.86 bits per heavy atom. The molecule has 1 atom stereocenters. The Balaban J connectivity index is 1.90. The number of hydrazone groups is 1. The normalized spacial score (nSPS) is 18.6. The second-order valence-corrected chi connectivity index (χ2v) is 4.40. The Hall–Kier alpha value is -2.22. The number of allylic oxidation sites excluding steroid dienone is 1. The maximum atomic E-state index is 12.0. The molecule has 0 amide bonds. The molecule has 0 aromatic heterocycles. The van der Waals surface area contributed by atoms with Crippen LogP contribution in [0.15, 0.2) is 41.2 Å². The summed E-state index contributed by atoms with van der Waals surface area (Å²) in [6.07, 6.45) is -3.57. The summed E-state index contributed by atoms with van der Waals surface area (Å²) in [5.41, 5.74) is 3.67. The second-order valence-electron chi connectivity index (χ2n) is 4.40. The van der Waals surface area contributed by atoms with Gasteiger partial charge in [-0.3, -0.25) is 5.43 Å². The van der Waals surface area contributed by atoms with Crippen LogP contribution < -0.4 is 10.2 Å². The monoisotopic (exact) mass is 302 g/mol. The molecule has 21 heavy (non-hydrogen) atoms. The van der Waals surface area contributed by atoms with Gasteiger partial charge in [0, 0.05) is 6.08 Å². The van der Waals surface area contributed by atoms with Crippen molar-refractivity contribution in [3.8, 4) is 5.75 Å². The first-order valence-corrected chi connectivity index (χ1v) is 6.09. The lowest BCUT2D eigenvalue weighted by atomic mass is 10.1. The number of ether oxygens (including phenoxy) is 1. The molecule has 0 aliphatic carbocycles. The lowest BCUT2D eigenvalue weighted by Gasteiger charge is -2.15. The van der Waals surface area contributed by atoms with Crippen LogP contribution in [0.4, 0.5) is 13.2 Å². The number of nitrogens with one attached hydrogen (secondary N) is 1. The molecule has 114 valence electrons. The highest BCUT2D eigenvalue weighted by atomic mass is 19.4. The summed E-state index contributed by atoms with van der Waals surface area (Å²) in [7, 11) is 0. The van der Waals surface area contributed by atoms with E-state index >= 15 is 0 Å². The molecule has 1 heterocycles. The number of hydrogen-bond acceptors (Lipinski definition) is 5. The maximum Gasteiger partial charge on any atom is 0.573 e. The summed E-state index contributed by atoms with van der Waals surface area (Å²) < 4.78 is 39.8. The van der Waals surface area contributed by atoms with Gasteiger partial charge in [0.2, 0.25) is 0 Å². The van der Waals surface area contributed by atoms with Crippen molar-refractivity contribution in [2.45, 2.75) is 25.4 Å². The molecule has 2 rings (SSSR count). The first kappa shape index (κ1) is 15.2. The summed E-state index contributed by atoms with van der Waals surface area (Å²) in [6.45, 7) is 0. The molecule has 3 N–H and O–H groups in total. The van der Waals surface area contributed by atoms with Crippen molar-refractivity contribution in [3.63, 3.8) is 0 Å². The molecular formula is C13H13F3N2O3. The van der Waals surface area contributed by atoms with Crippen LogP contribution in [0.2, 0.25) is 0 Å². The predicted octanol–water partition coefficient (Wildman–Crippen LogP) is 2.24. The van der Waals surface area contributed by atoms with Crippen LogP contribution in [0.25, 0.3) is 0 Å². The van der Waals surface area contributed by atoms with Gasteiger partial charge in [0.25, 0.3) is 0 Å². The Kier molecular flexibility index (Phi) is 4.37. The molecule has 1 aliphatic heterocycles. The fraction of sp³-hybridized carbons (Fsp3) is 0.308. The molecule has 0 bridgehead atoms. The quantitative estimate of drug-likeness (QED) is 0.797. The van der Waals surface area contributed by atoms with Crippen LogP contribution >= 0.6 is 0 Å². The molecule has 0 fully saturated rings. The molecule has 8 heteroatoms. The minimum Gasteiger partial charge on any atom is -0.507 e. The van der Waals surface area contributed by atoms with Gasteiger partial charge in [-0.1, -0.05) is 12.1 Å². The van der Waals surface area contributed by atoms with Crippen LogP contribution in [0.3, 0.4) is 0 Å². The SMILES string of the molecule is OC1=CC(CCc2ccc(OC(F)(F)F)cc2)=NNC1O. The molecule has 1 aliphatic rings. The second kappa shape index (κ2) is 6.04. The zero-order valence-corrected chi connectivity index (χ0v) is 10.8. The third-order valence-corrected chi connectivity index (χ3v) is 2.75. The summed E-state index contributed by atoms with van der Waals surface area (Å²) in [5.74, 6) is -0.502. The van der Waals surface area contributed by atoms with Crippen molar-refractivity contribution >= 4 is 5.71 Å². The van der Waals surface area contributed by atoms with E-state index in [1.54, 1.807) is 0 Å². The lowest BCUT2D eigenvalue weighted by Crippen LogP contribution is -2.31. The molecule has 1 aromatic carbocycles. The van der Waals surface area contributed by atoms with Crippen molar-refractivity contribution in [1.82, 2.24) is 5.43 Å². The van der Waals surface area contributed by atoms with Gasteiger partial charge in [-0.2, -0.15) is 5.10 Å². The lowest BCUT2D eigenvalue weighted by molar-refractivity contribution is -0.274. The van der Waals surface area contributed by atoms with E-state index in [0.29, 0.717) is 18.6 Å². The van der Waals surface area contributed by atoms with Crippen molar-refractivity contribution in [1.29, 1.82) is 0 Å². The zero-order valence-electron chi connectivity index (χ0n) is 10.8. The van der Waals surface area contributed by atoms with Gasteiger partial charge < -0.3 is 14.9 Å². The summed E-state index contributed by atoms with van der Waals surface area (Å²) >= 11 is 0. The van der Waals surface area contributed by atoms with E-state index < -0.39 is 12.6 Å². The van der Waals surface area contributed by atoms with E-state index in [1.807, 2.05) is 0 Å². The van der Waals surface area contributed by atoms with Crippen molar-refractivity contribution in [3.05, 3.63) is 41.7 Å². The molecule has 1 aromatic rings. The Bertz CT molecular complexity index is 553. The van der Waals surface area contributed by atoms with E-state index in [4.69, 9.17) is 5.11 Å². The molecule has 0 radical (unpaired) electrons. The summed E-state index contributed by atoms with van der Waals surface area (Å²) in [4.78, 5) is 0. The average Bonchev–Trinajstić information content (AvgIpc) is 2.40.